The summed E-state index contributed by atoms with van der Waals surface area (Å²) in [6.45, 7) is 13.1. The molecule has 0 radical (unpaired) electrons. The Morgan fingerprint density at radius 3 is 2.36 bits per heavy atom. The molecule has 0 unspecified atom stereocenters. The van der Waals surface area contributed by atoms with Gasteiger partial charge >= 0.3 is 0 Å². The average molecular weight is 375 g/mol. The van der Waals surface area contributed by atoms with E-state index in [0.717, 1.165) is 34.6 Å². The molecule has 2 aromatic rings. The van der Waals surface area contributed by atoms with Gasteiger partial charge in [-0.25, -0.2) is 4.98 Å². The highest BCUT2D eigenvalue weighted by atomic mass is 16.1. The minimum Gasteiger partial charge on any atom is -0.343 e. The van der Waals surface area contributed by atoms with Crippen molar-refractivity contribution in [2.75, 3.05) is 5.32 Å². The molecular formula is C25H30N2O. The number of anilines is 1. The second-order valence-corrected chi connectivity index (χ2v) is 10.3. The molecule has 1 aliphatic heterocycles. The van der Waals surface area contributed by atoms with Crippen LogP contribution in [0.4, 0.5) is 5.82 Å². The van der Waals surface area contributed by atoms with E-state index in [-0.39, 0.29) is 16.6 Å². The van der Waals surface area contributed by atoms with Gasteiger partial charge < -0.3 is 5.32 Å². The fraction of sp³-hybridized carbons (Fsp3) is 0.440. The van der Waals surface area contributed by atoms with Gasteiger partial charge in [0.25, 0.3) is 0 Å². The standard InChI is InChI=1S/C25H30N2O/c1-23(2,3)17-12-18-22(26-15-17)27-19-13-24(4,5)14-20(28)21(19)25(18,6)16-10-8-7-9-11-16/h7-12,15H,13-14H2,1-6H3,(H,26,27)/t25-/m1/s1. The normalized spacial score (nSPS) is 23.7. The Kier molecular flexibility index (Phi) is 4.08. The summed E-state index contributed by atoms with van der Waals surface area (Å²) in [5, 5.41) is 3.54. The van der Waals surface area contributed by atoms with Crippen molar-refractivity contribution in [2.24, 2.45) is 5.41 Å². The van der Waals surface area contributed by atoms with Crippen LogP contribution >= 0.6 is 0 Å². The minimum absolute atomic E-state index is 0.00709. The number of pyridine rings is 1. The first-order chi connectivity index (χ1) is 13.0. The lowest BCUT2D eigenvalue weighted by Crippen LogP contribution is -2.42. The highest BCUT2D eigenvalue weighted by Crippen LogP contribution is 2.52. The zero-order valence-electron chi connectivity index (χ0n) is 17.8. The third-order valence-electron chi connectivity index (χ3n) is 6.29. The van der Waals surface area contributed by atoms with Gasteiger partial charge in [0.1, 0.15) is 5.82 Å². The smallest absolute Gasteiger partial charge is 0.162 e. The molecule has 4 rings (SSSR count). The predicted molar refractivity (Wildman–Crippen MR) is 115 cm³/mol. The zero-order valence-corrected chi connectivity index (χ0v) is 17.8. The van der Waals surface area contributed by atoms with Crippen LogP contribution in [0.25, 0.3) is 0 Å². The number of fused-ring (bicyclic) bond motifs is 1. The van der Waals surface area contributed by atoms with Gasteiger partial charge in [0, 0.05) is 29.5 Å². The zero-order chi connectivity index (χ0) is 20.3. The Labute approximate surface area is 168 Å². The third kappa shape index (κ3) is 2.88. The number of hydrogen-bond acceptors (Lipinski definition) is 3. The lowest BCUT2D eigenvalue weighted by molar-refractivity contribution is -0.118. The van der Waals surface area contributed by atoms with Crippen molar-refractivity contribution in [3.8, 4) is 0 Å². The van der Waals surface area contributed by atoms with E-state index in [1.165, 1.54) is 5.56 Å². The molecule has 28 heavy (non-hydrogen) atoms. The van der Waals surface area contributed by atoms with Crippen LogP contribution < -0.4 is 5.32 Å². The van der Waals surface area contributed by atoms with Crippen molar-refractivity contribution >= 4 is 11.6 Å². The van der Waals surface area contributed by atoms with Crippen molar-refractivity contribution in [2.45, 2.75) is 65.2 Å². The highest BCUT2D eigenvalue weighted by molar-refractivity contribution is 6.02. The number of hydrogen-bond donors (Lipinski definition) is 1. The third-order valence-corrected chi connectivity index (χ3v) is 6.29. The summed E-state index contributed by atoms with van der Waals surface area (Å²) in [7, 11) is 0. The van der Waals surface area contributed by atoms with Crippen LogP contribution in [0.1, 0.15) is 71.1 Å². The summed E-state index contributed by atoms with van der Waals surface area (Å²) in [4.78, 5) is 18.2. The van der Waals surface area contributed by atoms with Gasteiger partial charge in [0.15, 0.2) is 5.78 Å². The molecular weight excluding hydrogens is 344 g/mol. The number of Topliss-reactive ketones (excluding diaryl/α,β-unsaturated/α-hetero) is 1. The van der Waals surface area contributed by atoms with Gasteiger partial charge in [-0.3, -0.25) is 4.79 Å². The van der Waals surface area contributed by atoms with Crippen LogP contribution in [-0.2, 0) is 15.6 Å². The van der Waals surface area contributed by atoms with Crippen molar-refractivity contribution in [3.05, 3.63) is 70.6 Å². The van der Waals surface area contributed by atoms with Crippen LogP contribution in [0.3, 0.4) is 0 Å². The number of carbonyl (C=O) groups is 1. The summed E-state index contributed by atoms with van der Waals surface area (Å²) in [5.74, 6) is 1.13. The quantitative estimate of drug-likeness (QED) is 0.690. The van der Waals surface area contributed by atoms with E-state index < -0.39 is 5.41 Å². The Balaban J connectivity index is 2.01. The van der Waals surface area contributed by atoms with E-state index in [2.05, 4.69) is 77.2 Å². The van der Waals surface area contributed by atoms with E-state index in [4.69, 9.17) is 4.98 Å². The molecule has 1 aromatic heterocycles. The molecule has 2 aliphatic rings. The molecule has 146 valence electrons. The second-order valence-electron chi connectivity index (χ2n) is 10.3. The van der Waals surface area contributed by atoms with Gasteiger partial charge in [0.05, 0.1) is 5.41 Å². The van der Waals surface area contributed by atoms with Crippen molar-refractivity contribution < 1.29 is 4.79 Å². The monoisotopic (exact) mass is 374 g/mol. The summed E-state index contributed by atoms with van der Waals surface area (Å²) in [5.41, 5.74) is 4.83. The Morgan fingerprint density at radius 2 is 1.71 bits per heavy atom. The van der Waals surface area contributed by atoms with Crippen LogP contribution in [0.5, 0.6) is 0 Å². The largest absolute Gasteiger partial charge is 0.343 e. The molecule has 3 nitrogen and oxygen atoms in total. The molecule has 2 heterocycles. The maximum Gasteiger partial charge on any atom is 0.162 e. The number of carbonyl (C=O) groups excluding carboxylic acids is 1. The summed E-state index contributed by atoms with van der Waals surface area (Å²) >= 11 is 0. The number of benzene rings is 1. The first-order valence-electron chi connectivity index (χ1n) is 10.1. The number of nitrogens with one attached hydrogen (secondary N) is 1. The Morgan fingerprint density at radius 1 is 1.04 bits per heavy atom. The van der Waals surface area contributed by atoms with Gasteiger partial charge in [-0.1, -0.05) is 65.0 Å². The minimum atomic E-state index is -0.501. The molecule has 1 N–H and O–H groups in total. The van der Waals surface area contributed by atoms with Crippen LogP contribution in [0, 0.1) is 5.41 Å². The van der Waals surface area contributed by atoms with E-state index in [9.17, 15) is 4.79 Å². The summed E-state index contributed by atoms with van der Waals surface area (Å²) in [6, 6.07) is 12.7. The van der Waals surface area contributed by atoms with Gasteiger partial charge in [-0.05, 0) is 41.4 Å². The van der Waals surface area contributed by atoms with E-state index >= 15 is 0 Å². The SMILES string of the molecule is CC1(C)CC(=O)C2=C(C1)Nc1ncc(C(C)(C)C)cc1[C@@]2(C)c1ccccc1. The average Bonchev–Trinajstić information content (AvgIpc) is 2.60. The van der Waals surface area contributed by atoms with Gasteiger partial charge in [-0.15, -0.1) is 0 Å². The van der Waals surface area contributed by atoms with Gasteiger partial charge in [-0.2, -0.15) is 0 Å². The molecule has 0 bridgehead atoms. The van der Waals surface area contributed by atoms with Crippen LogP contribution in [-0.4, -0.2) is 10.8 Å². The topological polar surface area (TPSA) is 42.0 Å². The fourth-order valence-corrected chi connectivity index (χ4v) is 4.71. The highest BCUT2D eigenvalue weighted by Gasteiger charge is 2.48. The number of rotatable bonds is 1. The molecule has 0 saturated carbocycles. The Hall–Kier alpha value is -2.42. The van der Waals surface area contributed by atoms with Crippen molar-refractivity contribution in [1.29, 1.82) is 0 Å². The van der Waals surface area contributed by atoms with Crippen molar-refractivity contribution in [1.82, 2.24) is 4.98 Å². The van der Waals surface area contributed by atoms with Crippen LogP contribution in [0.2, 0.25) is 0 Å². The molecule has 1 aromatic carbocycles. The summed E-state index contributed by atoms with van der Waals surface area (Å²) < 4.78 is 0. The number of aromatic nitrogens is 1. The van der Waals surface area contributed by atoms with Crippen molar-refractivity contribution in [3.63, 3.8) is 0 Å². The molecule has 0 amide bonds. The first kappa shape index (κ1) is 18.9. The fourth-order valence-electron chi connectivity index (χ4n) is 4.71. The van der Waals surface area contributed by atoms with E-state index in [1.807, 2.05) is 12.3 Å². The number of ketones is 1. The second kappa shape index (κ2) is 6.04. The number of nitrogens with zero attached hydrogens (tertiary/aromatic N) is 1. The molecule has 0 saturated heterocycles. The van der Waals surface area contributed by atoms with E-state index in [1.54, 1.807) is 0 Å². The molecule has 1 aliphatic carbocycles. The van der Waals surface area contributed by atoms with E-state index in [0.29, 0.717) is 6.42 Å². The molecule has 1 atom stereocenters. The maximum atomic E-state index is 13.4. The maximum absolute atomic E-state index is 13.4. The molecule has 3 heteroatoms. The van der Waals surface area contributed by atoms with Crippen LogP contribution in [0.15, 0.2) is 53.9 Å². The summed E-state index contributed by atoms with van der Waals surface area (Å²) in [6.07, 6.45) is 3.41. The molecule has 0 spiro atoms. The predicted octanol–water partition coefficient (Wildman–Crippen LogP) is 5.75. The van der Waals surface area contributed by atoms with Gasteiger partial charge in [0.2, 0.25) is 0 Å². The first-order valence-corrected chi connectivity index (χ1v) is 10.1. The Bertz CT molecular complexity index is 979. The molecule has 0 fully saturated rings. The number of allylic oxidation sites excluding steroid dienone is 2. The lowest BCUT2D eigenvalue weighted by atomic mass is 9.61. The lowest BCUT2D eigenvalue weighted by Gasteiger charge is -2.45.